The zero-order valence-corrected chi connectivity index (χ0v) is 15.1. The van der Waals surface area contributed by atoms with Crippen molar-refractivity contribution in [1.29, 1.82) is 0 Å². The van der Waals surface area contributed by atoms with Crippen LogP contribution in [0, 0.1) is 0 Å². The smallest absolute Gasteiger partial charge is 0.0981 e. The van der Waals surface area contributed by atoms with Crippen molar-refractivity contribution in [3.63, 3.8) is 0 Å². The maximum absolute atomic E-state index is 4.57. The molecule has 1 saturated carbocycles. The van der Waals surface area contributed by atoms with Gasteiger partial charge in [0.2, 0.25) is 0 Å². The van der Waals surface area contributed by atoms with Gasteiger partial charge in [-0.3, -0.25) is 0 Å². The van der Waals surface area contributed by atoms with E-state index in [1.165, 1.54) is 42.0 Å². The van der Waals surface area contributed by atoms with E-state index in [2.05, 4.69) is 50.1 Å². The van der Waals surface area contributed by atoms with Crippen molar-refractivity contribution in [2.75, 3.05) is 20.6 Å². The molecule has 120 valence electrons. The topological polar surface area (TPSA) is 28.2 Å². The third-order valence-corrected chi connectivity index (χ3v) is 6.10. The van der Waals surface area contributed by atoms with Crippen LogP contribution in [-0.2, 0) is 12.0 Å². The van der Waals surface area contributed by atoms with Gasteiger partial charge in [-0.2, -0.15) is 0 Å². The fourth-order valence-corrected chi connectivity index (χ4v) is 4.09. The molecule has 1 aromatic heterocycles. The van der Waals surface area contributed by atoms with E-state index in [0.29, 0.717) is 5.54 Å². The minimum absolute atomic E-state index is 0.164. The molecule has 0 amide bonds. The van der Waals surface area contributed by atoms with Gasteiger partial charge in [0.05, 0.1) is 5.01 Å². The van der Waals surface area contributed by atoms with E-state index in [9.17, 15) is 0 Å². The summed E-state index contributed by atoms with van der Waals surface area (Å²) in [7, 11) is 4.47. The second kappa shape index (κ2) is 6.76. The van der Waals surface area contributed by atoms with Crippen molar-refractivity contribution in [3.8, 4) is 0 Å². The molecule has 2 rings (SSSR count). The first-order valence-electron chi connectivity index (χ1n) is 8.17. The Kier molecular flexibility index (Phi) is 5.44. The van der Waals surface area contributed by atoms with Gasteiger partial charge in [0.15, 0.2) is 0 Å². The molecule has 3 nitrogen and oxygen atoms in total. The normalized spacial score (nSPS) is 19.1. The summed E-state index contributed by atoms with van der Waals surface area (Å²) >= 11 is 1.85. The molecule has 1 aromatic rings. The summed E-state index contributed by atoms with van der Waals surface area (Å²) < 4.78 is 0. The zero-order valence-electron chi connectivity index (χ0n) is 14.3. The summed E-state index contributed by atoms with van der Waals surface area (Å²) in [6.07, 6.45) is 8.83. The lowest BCUT2D eigenvalue weighted by atomic mass is 9.80. The molecule has 1 N–H and O–H groups in total. The number of likely N-dealkylation sites (N-methyl/N-ethyl adjacent to an activating group) is 1. The van der Waals surface area contributed by atoms with E-state index in [1.54, 1.807) is 0 Å². The Morgan fingerprint density at radius 3 is 2.43 bits per heavy atom. The summed E-state index contributed by atoms with van der Waals surface area (Å²) in [4.78, 5) is 8.36. The van der Waals surface area contributed by atoms with Gasteiger partial charge in [0.1, 0.15) is 0 Å². The van der Waals surface area contributed by atoms with E-state index in [0.717, 1.165) is 13.1 Å². The van der Waals surface area contributed by atoms with Crippen LogP contribution >= 0.6 is 11.3 Å². The molecule has 0 atom stereocenters. The lowest BCUT2D eigenvalue weighted by Gasteiger charge is -2.43. The molecule has 4 heteroatoms. The molecule has 0 aromatic carbocycles. The molecule has 0 saturated heterocycles. The molecular formula is C17H31N3S. The molecule has 0 spiro atoms. The van der Waals surface area contributed by atoms with Crippen LogP contribution in [0.25, 0.3) is 0 Å². The number of nitrogens with one attached hydrogen (secondary N) is 1. The first-order valence-corrected chi connectivity index (χ1v) is 8.98. The van der Waals surface area contributed by atoms with Crippen molar-refractivity contribution in [2.24, 2.45) is 0 Å². The van der Waals surface area contributed by atoms with Gasteiger partial charge < -0.3 is 10.2 Å². The van der Waals surface area contributed by atoms with Crippen LogP contribution in [0.3, 0.4) is 0 Å². The van der Waals surface area contributed by atoms with E-state index < -0.39 is 0 Å². The molecule has 21 heavy (non-hydrogen) atoms. The SMILES string of the molecule is CN(C)C1(CNCc2cnc(C(C)(C)C)s2)CCCCC1. The molecule has 1 fully saturated rings. The Hall–Kier alpha value is -0.450. The largest absolute Gasteiger partial charge is 0.310 e. The van der Waals surface area contributed by atoms with E-state index >= 15 is 0 Å². The highest BCUT2D eigenvalue weighted by molar-refractivity contribution is 7.11. The van der Waals surface area contributed by atoms with Crippen molar-refractivity contribution >= 4 is 11.3 Å². The summed E-state index contributed by atoms with van der Waals surface area (Å²) in [5.74, 6) is 0. The van der Waals surface area contributed by atoms with Crippen LogP contribution in [0.5, 0.6) is 0 Å². The van der Waals surface area contributed by atoms with E-state index in [1.807, 2.05) is 17.5 Å². The molecule has 1 aliphatic rings. The van der Waals surface area contributed by atoms with Gasteiger partial charge in [-0.05, 0) is 26.9 Å². The van der Waals surface area contributed by atoms with Gasteiger partial charge >= 0.3 is 0 Å². The number of rotatable bonds is 5. The minimum Gasteiger partial charge on any atom is -0.310 e. The first-order chi connectivity index (χ1) is 9.83. The summed E-state index contributed by atoms with van der Waals surface area (Å²) in [5, 5.41) is 4.92. The maximum atomic E-state index is 4.57. The van der Waals surface area contributed by atoms with E-state index in [-0.39, 0.29) is 5.41 Å². The van der Waals surface area contributed by atoms with Crippen LogP contribution in [-0.4, -0.2) is 36.1 Å². The molecule has 0 bridgehead atoms. The van der Waals surface area contributed by atoms with Crippen molar-refractivity contribution in [3.05, 3.63) is 16.1 Å². The highest BCUT2D eigenvalue weighted by atomic mass is 32.1. The molecule has 0 aliphatic heterocycles. The third-order valence-electron chi connectivity index (χ3n) is 4.68. The highest BCUT2D eigenvalue weighted by Crippen LogP contribution is 2.32. The van der Waals surface area contributed by atoms with Crippen LogP contribution < -0.4 is 5.32 Å². The second-order valence-corrected chi connectivity index (χ2v) is 8.78. The first kappa shape index (κ1) is 16.9. The van der Waals surface area contributed by atoms with Gasteiger partial charge in [-0.1, -0.05) is 40.0 Å². The molecule has 0 radical (unpaired) electrons. The predicted octanol–water partition coefficient (Wildman–Crippen LogP) is 3.79. The Labute approximate surface area is 134 Å². The van der Waals surface area contributed by atoms with Gasteiger partial charge in [0, 0.05) is 35.1 Å². The Bertz CT molecular complexity index is 439. The van der Waals surface area contributed by atoms with Crippen molar-refractivity contribution in [2.45, 2.75) is 70.4 Å². The summed E-state index contributed by atoms with van der Waals surface area (Å²) in [6.45, 7) is 8.72. The van der Waals surface area contributed by atoms with Crippen LogP contribution in [0.4, 0.5) is 0 Å². The summed E-state index contributed by atoms with van der Waals surface area (Å²) in [6, 6.07) is 0. The maximum Gasteiger partial charge on any atom is 0.0981 e. The van der Waals surface area contributed by atoms with Crippen LogP contribution in [0.1, 0.15) is 62.8 Å². The molecule has 1 heterocycles. The Morgan fingerprint density at radius 2 is 1.90 bits per heavy atom. The van der Waals surface area contributed by atoms with E-state index in [4.69, 9.17) is 0 Å². The van der Waals surface area contributed by atoms with Gasteiger partial charge in [-0.25, -0.2) is 4.98 Å². The van der Waals surface area contributed by atoms with Gasteiger partial charge in [-0.15, -0.1) is 11.3 Å². The van der Waals surface area contributed by atoms with Crippen LogP contribution in [0.15, 0.2) is 6.20 Å². The average molecular weight is 310 g/mol. The number of nitrogens with zero attached hydrogens (tertiary/aromatic N) is 2. The number of aromatic nitrogens is 1. The van der Waals surface area contributed by atoms with Crippen molar-refractivity contribution < 1.29 is 0 Å². The monoisotopic (exact) mass is 309 g/mol. The molecule has 1 aliphatic carbocycles. The molecular weight excluding hydrogens is 278 g/mol. The standard InChI is InChI=1S/C17H31N3S/c1-16(2,3)15-19-12-14(21-15)11-18-13-17(20(4)5)9-7-6-8-10-17/h12,18H,6-11,13H2,1-5H3. The van der Waals surface area contributed by atoms with Crippen molar-refractivity contribution in [1.82, 2.24) is 15.2 Å². The minimum atomic E-state index is 0.164. The fourth-order valence-electron chi connectivity index (χ4n) is 3.15. The Balaban J connectivity index is 1.89. The number of hydrogen-bond donors (Lipinski definition) is 1. The zero-order chi connectivity index (χ0) is 15.5. The van der Waals surface area contributed by atoms with Gasteiger partial charge in [0.25, 0.3) is 0 Å². The number of hydrogen-bond acceptors (Lipinski definition) is 4. The Morgan fingerprint density at radius 1 is 1.24 bits per heavy atom. The fraction of sp³-hybridized carbons (Fsp3) is 0.824. The highest BCUT2D eigenvalue weighted by Gasteiger charge is 2.33. The lowest BCUT2D eigenvalue weighted by molar-refractivity contribution is 0.0984. The predicted molar refractivity (Wildman–Crippen MR) is 92.0 cm³/mol. The lowest BCUT2D eigenvalue weighted by Crippen LogP contribution is -2.52. The second-order valence-electron chi connectivity index (χ2n) is 7.66. The number of thiazole rings is 1. The average Bonchev–Trinajstić information content (AvgIpc) is 2.88. The molecule has 0 unspecified atom stereocenters. The third kappa shape index (κ3) is 4.27. The van der Waals surface area contributed by atoms with Crippen LogP contribution in [0.2, 0.25) is 0 Å². The quantitative estimate of drug-likeness (QED) is 0.897. The summed E-state index contributed by atoms with van der Waals surface area (Å²) in [5.41, 5.74) is 0.521.